The quantitative estimate of drug-likeness (QED) is 0.538. The van der Waals surface area contributed by atoms with Gasteiger partial charge in [0.05, 0.1) is 5.39 Å². The van der Waals surface area contributed by atoms with Crippen LogP contribution in [0.5, 0.6) is 0 Å². The minimum absolute atomic E-state index is 0. The largest absolute Gasteiger partial charge is 0.367 e. The number of thiophene rings is 1. The van der Waals surface area contributed by atoms with Gasteiger partial charge in [0.15, 0.2) is 0 Å². The Labute approximate surface area is 193 Å². The van der Waals surface area contributed by atoms with E-state index in [0.29, 0.717) is 12.6 Å². The second-order valence-corrected chi connectivity index (χ2v) is 8.98. The molecule has 3 aromatic rings. The van der Waals surface area contributed by atoms with Gasteiger partial charge in [0.1, 0.15) is 22.8 Å². The van der Waals surface area contributed by atoms with E-state index >= 15 is 0 Å². The number of likely N-dealkylation sites (tertiary alicyclic amines) is 1. The molecular weight excluding hydrogens is 442 g/mol. The molecule has 162 valence electrons. The minimum Gasteiger partial charge on any atom is -0.367 e. The van der Waals surface area contributed by atoms with Crippen LogP contribution in [0.3, 0.4) is 0 Å². The highest BCUT2D eigenvalue weighted by atomic mass is 35.5. The molecule has 1 aliphatic heterocycles. The van der Waals surface area contributed by atoms with Crippen LogP contribution < -0.4 is 5.32 Å². The summed E-state index contributed by atoms with van der Waals surface area (Å²) in [5.74, 6) is 0.908. The van der Waals surface area contributed by atoms with Crippen molar-refractivity contribution in [2.75, 3.05) is 18.4 Å². The standard InChI is InChI=1S/C22H25FN4S.2ClH/c23-18-7-3-1-5-15(18)13-27-11-9-16(10-12-27)26-21-20-17-6-2-4-8-19(17)28-22(20)25-14-24-21;;/h1,3,5,7,14,16H,2,4,6,8-13H2,(H,24,25,26);2*1H. The maximum atomic E-state index is 13.9. The molecule has 1 aromatic carbocycles. The topological polar surface area (TPSA) is 41.0 Å². The molecule has 0 unspecified atom stereocenters. The normalized spacial score (nSPS) is 17.1. The fraction of sp³-hybridized carbons (Fsp3) is 0.455. The zero-order valence-corrected chi connectivity index (χ0v) is 19.2. The van der Waals surface area contributed by atoms with Gasteiger partial charge < -0.3 is 5.32 Å². The average Bonchev–Trinajstić information content (AvgIpc) is 3.11. The average molecular weight is 469 g/mol. The molecule has 1 saturated heterocycles. The third kappa shape index (κ3) is 4.72. The predicted octanol–water partition coefficient (Wildman–Crippen LogP) is 5.63. The summed E-state index contributed by atoms with van der Waals surface area (Å²) in [4.78, 5) is 14.1. The van der Waals surface area contributed by atoms with Crippen molar-refractivity contribution in [1.82, 2.24) is 14.9 Å². The molecular formula is C22H27Cl2FN4S. The van der Waals surface area contributed by atoms with Crippen molar-refractivity contribution in [2.24, 2.45) is 0 Å². The third-order valence-electron chi connectivity index (χ3n) is 6.03. The summed E-state index contributed by atoms with van der Waals surface area (Å²) >= 11 is 1.84. The highest BCUT2D eigenvalue weighted by Crippen LogP contribution is 2.38. The van der Waals surface area contributed by atoms with Crippen molar-refractivity contribution in [3.63, 3.8) is 0 Å². The van der Waals surface area contributed by atoms with E-state index in [1.54, 1.807) is 18.5 Å². The van der Waals surface area contributed by atoms with Gasteiger partial charge in [-0.3, -0.25) is 4.90 Å². The number of aromatic nitrogens is 2. The first-order valence-corrected chi connectivity index (χ1v) is 11.1. The van der Waals surface area contributed by atoms with E-state index in [4.69, 9.17) is 0 Å². The van der Waals surface area contributed by atoms with Crippen LogP contribution in [0.25, 0.3) is 10.2 Å². The number of fused-ring (bicyclic) bond motifs is 3. The van der Waals surface area contributed by atoms with Crippen molar-refractivity contribution in [2.45, 2.75) is 51.1 Å². The van der Waals surface area contributed by atoms with E-state index in [-0.39, 0.29) is 30.6 Å². The number of nitrogens with zero attached hydrogens (tertiary/aromatic N) is 3. The lowest BCUT2D eigenvalue weighted by Gasteiger charge is -2.32. The maximum absolute atomic E-state index is 13.9. The first-order chi connectivity index (χ1) is 13.8. The van der Waals surface area contributed by atoms with E-state index in [9.17, 15) is 4.39 Å². The number of halogens is 3. The summed E-state index contributed by atoms with van der Waals surface area (Å²) in [5, 5.41) is 4.97. The van der Waals surface area contributed by atoms with Gasteiger partial charge in [-0.1, -0.05) is 18.2 Å². The first kappa shape index (κ1) is 23.2. The van der Waals surface area contributed by atoms with E-state index in [2.05, 4.69) is 20.2 Å². The Kier molecular flexibility index (Phi) is 7.91. The van der Waals surface area contributed by atoms with Crippen molar-refractivity contribution in [1.29, 1.82) is 0 Å². The lowest BCUT2D eigenvalue weighted by atomic mass is 9.96. The molecule has 2 aromatic heterocycles. The molecule has 0 spiro atoms. The summed E-state index contributed by atoms with van der Waals surface area (Å²) in [6.07, 6.45) is 8.68. The molecule has 4 nitrogen and oxygen atoms in total. The monoisotopic (exact) mass is 468 g/mol. The van der Waals surface area contributed by atoms with E-state index in [1.165, 1.54) is 35.1 Å². The second-order valence-electron chi connectivity index (χ2n) is 7.90. The Hall–Kier alpha value is -1.47. The predicted molar refractivity (Wildman–Crippen MR) is 127 cm³/mol. The van der Waals surface area contributed by atoms with Crippen molar-refractivity contribution < 1.29 is 4.39 Å². The zero-order chi connectivity index (χ0) is 18.9. The molecule has 2 aliphatic rings. The molecule has 3 heterocycles. The van der Waals surface area contributed by atoms with Crippen LogP contribution in [0.4, 0.5) is 10.2 Å². The molecule has 0 atom stereocenters. The smallest absolute Gasteiger partial charge is 0.138 e. The van der Waals surface area contributed by atoms with Gasteiger partial charge in [-0.15, -0.1) is 36.2 Å². The third-order valence-corrected chi connectivity index (χ3v) is 7.23. The van der Waals surface area contributed by atoms with Crippen LogP contribution in [0.15, 0.2) is 30.6 Å². The molecule has 0 amide bonds. The Bertz CT molecular complexity index is 988. The number of nitrogens with one attached hydrogen (secondary N) is 1. The summed E-state index contributed by atoms with van der Waals surface area (Å²) in [7, 11) is 0. The Morgan fingerprint density at radius 1 is 1.07 bits per heavy atom. The van der Waals surface area contributed by atoms with Crippen LogP contribution >= 0.6 is 36.2 Å². The number of hydrogen-bond donors (Lipinski definition) is 1. The SMILES string of the molecule is Cl.Cl.Fc1ccccc1CN1CCC(Nc2ncnc3sc4c(c23)CCCC4)CC1. The Morgan fingerprint density at radius 3 is 2.63 bits per heavy atom. The molecule has 5 rings (SSSR count). The summed E-state index contributed by atoms with van der Waals surface area (Å²) in [6.45, 7) is 2.64. The van der Waals surface area contributed by atoms with E-state index in [0.717, 1.165) is 48.6 Å². The van der Waals surface area contributed by atoms with Crippen LogP contribution in [0.1, 0.15) is 41.7 Å². The van der Waals surface area contributed by atoms with Gasteiger partial charge in [-0.25, -0.2) is 14.4 Å². The number of aryl methyl sites for hydroxylation is 2. The summed E-state index contributed by atoms with van der Waals surface area (Å²) < 4.78 is 13.9. The minimum atomic E-state index is -0.103. The molecule has 8 heteroatoms. The highest BCUT2D eigenvalue weighted by Gasteiger charge is 2.24. The van der Waals surface area contributed by atoms with Crippen LogP contribution in [-0.4, -0.2) is 34.0 Å². The summed E-state index contributed by atoms with van der Waals surface area (Å²) in [6, 6.07) is 7.51. The molecule has 1 aliphatic carbocycles. The Morgan fingerprint density at radius 2 is 1.83 bits per heavy atom. The summed E-state index contributed by atoms with van der Waals surface area (Å²) in [5.41, 5.74) is 2.27. The van der Waals surface area contributed by atoms with Gasteiger partial charge in [0.25, 0.3) is 0 Å². The van der Waals surface area contributed by atoms with Gasteiger partial charge >= 0.3 is 0 Å². The molecule has 1 N–H and O–H groups in total. The number of benzene rings is 1. The first-order valence-electron chi connectivity index (χ1n) is 10.3. The lowest BCUT2D eigenvalue weighted by molar-refractivity contribution is 0.209. The fourth-order valence-electron chi connectivity index (χ4n) is 4.50. The number of anilines is 1. The van der Waals surface area contributed by atoms with Gasteiger partial charge in [0, 0.05) is 36.1 Å². The molecule has 1 fully saturated rings. The number of hydrogen-bond acceptors (Lipinski definition) is 5. The maximum Gasteiger partial charge on any atom is 0.138 e. The fourth-order valence-corrected chi connectivity index (χ4v) is 5.72. The van der Waals surface area contributed by atoms with Gasteiger partial charge in [-0.2, -0.15) is 0 Å². The van der Waals surface area contributed by atoms with Crippen LogP contribution in [-0.2, 0) is 19.4 Å². The number of rotatable bonds is 4. The molecule has 30 heavy (non-hydrogen) atoms. The van der Waals surface area contributed by atoms with E-state index in [1.807, 2.05) is 23.5 Å². The van der Waals surface area contributed by atoms with Gasteiger partial charge in [0.2, 0.25) is 0 Å². The van der Waals surface area contributed by atoms with Crippen molar-refractivity contribution in [3.05, 3.63) is 52.4 Å². The Balaban J connectivity index is 0.00000128. The molecule has 0 radical (unpaired) electrons. The number of piperidine rings is 1. The van der Waals surface area contributed by atoms with Crippen molar-refractivity contribution >= 4 is 52.2 Å². The van der Waals surface area contributed by atoms with E-state index < -0.39 is 0 Å². The van der Waals surface area contributed by atoms with Gasteiger partial charge in [-0.05, 0) is 50.2 Å². The van der Waals surface area contributed by atoms with Crippen LogP contribution in [0.2, 0.25) is 0 Å². The zero-order valence-electron chi connectivity index (χ0n) is 16.8. The molecule has 0 saturated carbocycles. The van der Waals surface area contributed by atoms with Crippen LogP contribution in [0, 0.1) is 5.82 Å². The highest BCUT2D eigenvalue weighted by molar-refractivity contribution is 7.19. The lowest BCUT2D eigenvalue weighted by Crippen LogP contribution is -2.39. The van der Waals surface area contributed by atoms with Crippen molar-refractivity contribution in [3.8, 4) is 0 Å². The second kappa shape index (κ2) is 10.2. The molecule has 0 bridgehead atoms.